The van der Waals surface area contributed by atoms with E-state index in [0.29, 0.717) is 22.1 Å². The summed E-state index contributed by atoms with van der Waals surface area (Å²) in [7, 11) is 0. The maximum Gasteiger partial charge on any atom is 0.148 e. The summed E-state index contributed by atoms with van der Waals surface area (Å²) in [5, 5.41) is 19.1. The number of nitrogens with zero attached hydrogens (tertiary/aromatic N) is 3. The predicted octanol–water partition coefficient (Wildman–Crippen LogP) is 6.44. The fourth-order valence-corrected chi connectivity index (χ4v) is 3.98. The first kappa shape index (κ1) is 19.2. The van der Waals surface area contributed by atoms with Gasteiger partial charge in [-0.3, -0.25) is 0 Å². The highest BCUT2D eigenvalue weighted by Gasteiger charge is 2.29. The Balaban J connectivity index is 1.70. The van der Waals surface area contributed by atoms with Gasteiger partial charge in [0, 0.05) is 16.3 Å². The van der Waals surface area contributed by atoms with Crippen molar-refractivity contribution >= 4 is 23.1 Å². The van der Waals surface area contributed by atoms with Gasteiger partial charge in [0.25, 0.3) is 0 Å². The minimum absolute atomic E-state index is 0.171. The molecule has 0 saturated heterocycles. The Morgan fingerprint density at radius 3 is 2.32 bits per heavy atom. The van der Waals surface area contributed by atoms with Crippen LogP contribution < -0.4 is 5.32 Å². The Morgan fingerprint density at radius 1 is 0.935 bits per heavy atom. The third-order valence-electron chi connectivity index (χ3n) is 5.48. The maximum absolute atomic E-state index is 10.0. The lowest BCUT2D eigenvalue weighted by Gasteiger charge is -2.26. The molecule has 1 aromatic heterocycles. The summed E-state index contributed by atoms with van der Waals surface area (Å²) in [6, 6.07) is 28.1. The summed E-state index contributed by atoms with van der Waals surface area (Å²) in [5.74, 6) is 0.694. The molecule has 0 spiro atoms. The number of rotatable bonds is 3. The zero-order valence-corrected chi connectivity index (χ0v) is 17.6. The number of hydrogen-bond donors (Lipinski definition) is 1. The molecule has 1 unspecified atom stereocenters. The van der Waals surface area contributed by atoms with Crippen molar-refractivity contribution in [1.29, 1.82) is 5.26 Å². The monoisotopic (exact) mass is 422 g/mol. The maximum atomic E-state index is 10.0. The molecule has 1 atom stereocenters. The Kier molecular flexibility index (Phi) is 4.82. The van der Waals surface area contributed by atoms with Gasteiger partial charge in [0.2, 0.25) is 0 Å². The molecule has 0 aliphatic carbocycles. The highest BCUT2D eigenvalue weighted by Crippen LogP contribution is 2.39. The lowest BCUT2D eigenvalue weighted by Crippen LogP contribution is -2.20. The number of allylic oxidation sites excluding steroid dienone is 1. The first-order chi connectivity index (χ1) is 15.1. The quantitative estimate of drug-likeness (QED) is 0.413. The third kappa shape index (κ3) is 3.50. The van der Waals surface area contributed by atoms with E-state index < -0.39 is 0 Å². The second-order valence-corrected chi connectivity index (χ2v) is 8.00. The topological polar surface area (TPSA) is 53.6 Å². The molecule has 5 heteroatoms. The van der Waals surface area contributed by atoms with E-state index >= 15 is 0 Å². The molecule has 4 aromatic rings. The highest BCUT2D eigenvalue weighted by molar-refractivity contribution is 6.30. The van der Waals surface area contributed by atoms with E-state index in [-0.39, 0.29) is 6.04 Å². The zero-order valence-electron chi connectivity index (χ0n) is 16.9. The van der Waals surface area contributed by atoms with Crippen LogP contribution in [-0.2, 0) is 0 Å². The molecule has 1 aliphatic rings. The molecule has 5 rings (SSSR count). The van der Waals surface area contributed by atoms with Crippen molar-refractivity contribution in [3.8, 4) is 17.3 Å². The normalized spacial score (nSPS) is 14.9. The van der Waals surface area contributed by atoms with E-state index in [0.717, 1.165) is 28.0 Å². The van der Waals surface area contributed by atoms with Gasteiger partial charge in [-0.15, -0.1) is 0 Å². The fraction of sp³-hybridized carbons (Fsp3) is 0.0769. The van der Waals surface area contributed by atoms with Crippen LogP contribution in [0.15, 0.2) is 84.9 Å². The number of aryl methyl sites for hydroxylation is 1. The van der Waals surface area contributed by atoms with Crippen molar-refractivity contribution in [2.45, 2.75) is 13.0 Å². The highest BCUT2D eigenvalue weighted by atomic mass is 35.5. The van der Waals surface area contributed by atoms with Crippen LogP contribution in [0.2, 0.25) is 5.02 Å². The minimum Gasteiger partial charge on any atom is -0.339 e. The molecule has 3 aromatic carbocycles. The van der Waals surface area contributed by atoms with Crippen molar-refractivity contribution in [3.63, 3.8) is 0 Å². The zero-order chi connectivity index (χ0) is 21.4. The minimum atomic E-state index is -0.171. The molecule has 0 amide bonds. The molecular formula is C26H19ClN4. The Morgan fingerprint density at radius 2 is 1.65 bits per heavy atom. The molecule has 0 fully saturated rings. The van der Waals surface area contributed by atoms with E-state index in [1.54, 1.807) is 0 Å². The molecule has 2 heterocycles. The van der Waals surface area contributed by atoms with Crippen molar-refractivity contribution in [2.24, 2.45) is 0 Å². The van der Waals surface area contributed by atoms with Gasteiger partial charge < -0.3 is 5.32 Å². The summed E-state index contributed by atoms with van der Waals surface area (Å²) in [6.07, 6.45) is 2.14. The van der Waals surface area contributed by atoms with Gasteiger partial charge >= 0.3 is 0 Å². The van der Waals surface area contributed by atoms with E-state index in [2.05, 4.69) is 29.6 Å². The number of aromatic nitrogens is 2. The van der Waals surface area contributed by atoms with Crippen molar-refractivity contribution < 1.29 is 0 Å². The van der Waals surface area contributed by atoms with Crippen LogP contribution in [0.5, 0.6) is 0 Å². The predicted molar refractivity (Wildman–Crippen MR) is 125 cm³/mol. The van der Waals surface area contributed by atoms with Gasteiger partial charge in [-0.25, -0.2) is 4.68 Å². The van der Waals surface area contributed by atoms with E-state index in [1.807, 2.05) is 78.3 Å². The Bertz CT molecular complexity index is 1310. The second kappa shape index (κ2) is 7.79. The lowest BCUT2D eigenvalue weighted by atomic mass is 10.0. The standard InChI is InChI=1S/C26H19ClN4/c1-17-7-9-20(10-8-17)25-22(16-28)26-29-23(18-5-3-2-4-6-18)15-24(31(26)30-25)19-11-13-21(27)14-12-19/h2-15,24,29H,1H3. The number of benzene rings is 3. The molecular weight excluding hydrogens is 404 g/mol. The summed E-state index contributed by atoms with van der Waals surface area (Å²) in [6.45, 7) is 2.04. The smallest absolute Gasteiger partial charge is 0.148 e. The van der Waals surface area contributed by atoms with E-state index in [9.17, 15) is 5.26 Å². The van der Waals surface area contributed by atoms with Crippen LogP contribution in [0, 0.1) is 18.3 Å². The van der Waals surface area contributed by atoms with Gasteiger partial charge in [0.15, 0.2) is 0 Å². The fourth-order valence-electron chi connectivity index (χ4n) is 3.86. The molecule has 31 heavy (non-hydrogen) atoms. The van der Waals surface area contributed by atoms with E-state index in [1.165, 1.54) is 0 Å². The van der Waals surface area contributed by atoms with Gasteiger partial charge in [-0.05, 0) is 36.3 Å². The molecule has 0 bridgehead atoms. The van der Waals surface area contributed by atoms with Gasteiger partial charge in [0.1, 0.15) is 23.1 Å². The third-order valence-corrected chi connectivity index (χ3v) is 5.74. The number of nitrogens with one attached hydrogen (secondary N) is 1. The summed E-state index contributed by atoms with van der Waals surface area (Å²) >= 11 is 6.13. The average molecular weight is 423 g/mol. The number of hydrogen-bond acceptors (Lipinski definition) is 3. The molecule has 150 valence electrons. The van der Waals surface area contributed by atoms with Crippen LogP contribution in [0.3, 0.4) is 0 Å². The summed E-state index contributed by atoms with van der Waals surface area (Å²) in [4.78, 5) is 0. The SMILES string of the molecule is Cc1ccc(-c2nn3c(c2C#N)NC(c2ccccc2)=CC3c2ccc(Cl)cc2)cc1. The number of nitriles is 1. The largest absolute Gasteiger partial charge is 0.339 e. The molecule has 0 radical (unpaired) electrons. The molecule has 0 saturated carbocycles. The first-order valence-electron chi connectivity index (χ1n) is 10.0. The van der Waals surface area contributed by atoms with Gasteiger partial charge in [-0.1, -0.05) is 83.9 Å². The molecule has 1 aliphatic heterocycles. The van der Waals surface area contributed by atoms with Crippen LogP contribution >= 0.6 is 11.6 Å². The van der Waals surface area contributed by atoms with Crippen LogP contribution in [0.1, 0.15) is 28.3 Å². The van der Waals surface area contributed by atoms with Gasteiger partial charge in [-0.2, -0.15) is 10.4 Å². The number of halogens is 1. The summed E-state index contributed by atoms with van der Waals surface area (Å²) < 4.78 is 1.89. The number of anilines is 1. The van der Waals surface area contributed by atoms with Crippen LogP contribution in [-0.4, -0.2) is 9.78 Å². The molecule has 1 N–H and O–H groups in total. The lowest BCUT2D eigenvalue weighted by molar-refractivity contribution is 0.615. The van der Waals surface area contributed by atoms with E-state index in [4.69, 9.17) is 16.7 Å². The number of fused-ring (bicyclic) bond motifs is 1. The summed E-state index contributed by atoms with van der Waals surface area (Å²) in [5.41, 5.74) is 6.33. The Labute approximate surface area is 186 Å². The van der Waals surface area contributed by atoms with Crippen LogP contribution in [0.4, 0.5) is 5.82 Å². The average Bonchev–Trinajstić information content (AvgIpc) is 3.18. The molecule has 4 nitrogen and oxygen atoms in total. The Hall–Kier alpha value is -3.81. The van der Waals surface area contributed by atoms with Gasteiger partial charge in [0.05, 0.1) is 6.04 Å². The van der Waals surface area contributed by atoms with Crippen molar-refractivity contribution in [3.05, 3.63) is 112 Å². The second-order valence-electron chi connectivity index (χ2n) is 7.56. The van der Waals surface area contributed by atoms with Crippen LogP contribution in [0.25, 0.3) is 17.0 Å². The van der Waals surface area contributed by atoms with Crippen molar-refractivity contribution in [2.75, 3.05) is 5.32 Å². The van der Waals surface area contributed by atoms with Crippen molar-refractivity contribution in [1.82, 2.24) is 9.78 Å². The first-order valence-corrected chi connectivity index (χ1v) is 10.4.